The molecule has 0 aliphatic carbocycles. The van der Waals surface area contributed by atoms with Crippen molar-refractivity contribution in [2.75, 3.05) is 18.4 Å². The van der Waals surface area contributed by atoms with Crippen molar-refractivity contribution in [3.05, 3.63) is 59.9 Å². The number of nitrogens with one attached hydrogen (secondary N) is 1. The quantitative estimate of drug-likeness (QED) is 0.948. The van der Waals surface area contributed by atoms with Gasteiger partial charge in [-0.05, 0) is 42.7 Å². The van der Waals surface area contributed by atoms with Gasteiger partial charge in [0, 0.05) is 36.7 Å². The van der Waals surface area contributed by atoms with Gasteiger partial charge in [0.2, 0.25) is 0 Å². The van der Waals surface area contributed by atoms with Gasteiger partial charge in [-0.25, -0.2) is 0 Å². The molecule has 0 bridgehead atoms. The van der Waals surface area contributed by atoms with Crippen LogP contribution < -0.4 is 5.32 Å². The van der Waals surface area contributed by atoms with Crippen molar-refractivity contribution in [3.8, 4) is 0 Å². The molecule has 2 amide bonds. The summed E-state index contributed by atoms with van der Waals surface area (Å²) in [7, 11) is 0. The fourth-order valence-electron chi connectivity index (χ4n) is 2.73. The second kappa shape index (κ2) is 6.60. The smallest absolute Gasteiger partial charge is 0.257 e. The summed E-state index contributed by atoms with van der Waals surface area (Å²) in [6.45, 7) is 3.75. The first-order valence-corrected chi connectivity index (χ1v) is 7.74. The van der Waals surface area contributed by atoms with E-state index in [1.54, 1.807) is 42.6 Å². The summed E-state index contributed by atoms with van der Waals surface area (Å²) in [5.41, 5.74) is 1.69. The summed E-state index contributed by atoms with van der Waals surface area (Å²) < 4.78 is 0. The molecule has 5 nitrogen and oxygen atoms in total. The van der Waals surface area contributed by atoms with Gasteiger partial charge >= 0.3 is 0 Å². The number of likely N-dealkylation sites (tertiary alicyclic amines) is 1. The molecule has 3 rings (SSSR count). The molecule has 0 radical (unpaired) electrons. The molecule has 0 spiro atoms. The Morgan fingerprint density at radius 1 is 1.22 bits per heavy atom. The van der Waals surface area contributed by atoms with Gasteiger partial charge in [0.05, 0.1) is 5.56 Å². The number of hydrogen-bond acceptors (Lipinski definition) is 3. The molecule has 1 aromatic carbocycles. The van der Waals surface area contributed by atoms with Gasteiger partial charge in [0.15, 0.2) is 0 Å². The third-order valence-corrected chi connectivity index (χ3v) is 4.00. The Bertz CT molecular complexity index is 715. The van der Waals surface area contributed by atoms with Gasteiger partial charge < -0.3 is 10.2 Å². The maximum Gasteiger partial charge on any atom is 0.257 e. The number of nitrogens with zero attached hydrogens (tertiary/aromatic N) is 2. The van der Waals surface area contributed by atoms with Crippen LogP contribution >= 0.6 is 0 Å². The lowest BCUT2D eigenvalue weighted by molar-refractivity contribution is 0.0787. The Kier molecular flexibility index (Phi) is 4.37. The van der Waals surface area contributed by atoms with E-state index < -0.39 is 0 Å². The van der Waals surface area contributed by atoms with Crippen molar-refractivity contribution in [1.29, 1.82) is 0 Å². The molecule has 2 aromatic rings. The van der Waals surface area contributed by atoms with Crippen molar-refractivity contribution >= 4 is 17.5 Å². The SMILES string of the molecule is CC1CCN(C(=O)c2cccc(NC(=O)c3cccnc3)c2)C1. The van der Waals surface area contributed by atoms with Crippen molar-refractivity contribution < 1.29 is 9.59 Å². The lowest BCUT2D eigenvalue weighted by atomic mass is 10.1. The third kappa shape index (κ3) is 3.56. The van der Waals surface area contributed by atoms with Gasteiger partial charge in [-0.15, -0.1) is 0 Å². The van der Waals surface area contributed by atoms with Crippen LogP contribution in [0.3, 0.4) is 0 Å². The van der Waals surface area contributed by atoms with Crippen LogP contribution in [-0.2, 0) is 0 Å². The van der Waals surface area contributed by atoms with Crippen molar-refractivity contribution in [2.45, 2.75) is 13.3 Å². The highest BCUT2D eigenvalue weighted by Gasteiger charge is 2.24. The second-order valence-electron chi connectivity index (χ2n) is 5.92. The first-order valence-electron chi connectivity index (χ1n) is 7.74. The zero-order chi connectivity index (χ0) is 16.2. The van der Waals surface area contributed by atoms with E-state index in [1.807, 2.05) is 4.90 Å². The molecule has 1 fully saturated rings. The van der Waals surface area contributed by atoms with E-state index >= 15 is 0 Å². The van der Waals surface area contributed by atoms with E-state index in [9.17, 15) is 9.59 Å². The topological polar surface area (TPSA) is 62.3 Å². The number of carbonyl (C=O) groups excluding carboxylic acids is 2. The normalized spacial score (nSPS) is 17.1. The van der Waals surface area contributed by atoms with Crippen LogP contribution in [0.4, 0.5) is 5.69 Å². The molecule has 1 N–H and O–H groups in total. The maximum absolute atomic E-state index is 12.5. The molecule has 1 unspecified atom stereocenters. The zero-order valence-corrected chi connectivity index (χ0v) is 13.0. The predicted molar refractivity (Wildman–Crippen MR) is 88.3 cm³/mol. The molecule has 118 valence electrons. The molecule has 2 heterocycles. The highest BCUT2D eigenvalue weighted by Crippen LogP contribution is 2.19. The van der Waals surface area contributed by atoms with Crippen molar-refractivity contribution in [1.82, 2.24) is 9.88 Å². The van der Waals surface area contributed by atoms with Crippen LogP contribution in [0, 0.1) is 5.92 Å². The number of rotatable bonds is 3. The molecule has 1 aliphatic heterocycles. The summed E-state index contributed by atoms with van der Waals surface area (Å²) in [4.78, 5) is 30.5. The van der Waals surface area contributed by atoms with Crippen LogP contribution in [0.5, 0.6) is 0 Å². The summed E-state index contributed by atoms with van der Waals surface area (Å²) in [6, 6.07) is 10.5. The molecule has 23 heavy (non-hydrogen) atoms. The summed E-state index contributed by atoms with van der Waals surface area (Å²) in [5, 5.41) is 2.80. The molecular formula is C18H19N3O2. The molecular weight excluding hydrogens is 290 g/mol. The summed E-state index contributed by atoms with van der Waals surface area (Å²) in [5.74, 6) is 0.330. The van der Waals surface area contributed by atoms with Crippen molar-refractivity contribution in [3.63, 3.8) is 0 Å². The lowest BCUT2D eigenvalue weighted by Gasteiger charge is -2.16. The predicted octanol–water partition coefficient (Wildman–Crippen LogP) is 2.82. The largest absolute Gasteiger partial charge is 0.338 e. The number of carbonyl (C=O) groups is 2. The van der Waals surface area contributed by atoms with Gasteiger partial charge in [-0.1, -0.05) is 13.0 Å². The van der Waals surface area contributed by atoms with Crippen LogP contribution in [0.15, 0.2) is 48.8 Å². The molecule has 1 aromatic heterocycles. The Balaban J connectivity index is 1.72. The van der Waals surface area contributed by atoms with Crippen molar-refractivity contribution in [2.24, 2.45) is 5.92 Å². The van der Waals surface area contributed by atoms with Gasteiger partial charge in [0.1, 0.15) is 0 Å². The molecule has 1 atom stereocenters. The van der Waals surface area contributed by atoms with Crippen LogP contribution in [0.2, 0.25) is 0 Å². The third-order valence-electron chi connectivity index (χ3n) is 4.00. The summed E-state index contributed by atoms with van der Waals surface area (Å²) >= 11 is 0. The molecule has 1 aliphatic rings. The highest BCUT2D eigenvalue weighted by molar-refractivity contribution is 6.04. The lowest BCUT2D eigenvalue weighted by Crippen LogP contribution is -2.28. The van der Waals surface area contributed by atoms with Crippen LogP contribution in [0.1, 0.15) is 34.1 Å². The number of amides is 2. The van der Waals surface area contributed by atoms with Crippen LogP contribution in [-0.4, -0.2) is 34.8 Å². The minimum absolute atomic E-state index is 0.0202. The number of pyridine rings is 1. The first kappa shape index (κ1) is 15.2. The second-order valence-corrected chi connectivity index (χ2v) is 5.92. The minimum atomic E-state index is -0.238. The number of anilines is 1. The maximum atomic E-state index is 12.5. The molecule has 1 saturated heterocycles. The Hall–Kier alpha value is -2.69. The standard InChI is InChI=1S/C18H19N3O2/c1-13-7-9-21(12-13)18(23)14-4-2-6-16(10-14)20-17(22)15-5-3-8-19-11-15/h2-6,8,10-11,13H,7,9,12H2,1H3,(H,20,22). The van der Waals surface area contributed by atoms with E-state index in [4.69, 9.17) is 0 Å². The number of hydrogen-bond donors (Lipinski definition) is 1. The fourth-order valence-corrected chi connectivity index (χ4v) is 2.73. The van der Waals surface area contributed by atoms with Gasteiger partial charge in [0.25, 0.3) is 11.8 Å². The van der Waals surface area contributed by atoms with E-state index in [-0.39, 0.29) is 11.8 Å². The average Bonchev–Trinajstić information content (AvgIpc) is 3.01. The van der Waals surface area contributed by atoms with Gasteiger partial charge in [-0.2, -0.15) is 0 Å². The number of benzene rings is 1. The zero-order valence-electron chi connectivity index (χ0n) is 13.0. The first-order chi connectivity index (χ1) is 11.1. The molecule has 0 saturated carbocycles. The molecule has 5 heteroatoms. The summed E-state index contributed by atoms with van der Waals surface area (Å²) in [6.07, 6.45) is 4.17. The van der Waals surface area contributed by atoms with E-state index in [2.05, 4.69) is 17.2 Å². The monoisotopic (exact) mass is 309 g/mol. The van der Waals surface area contributed by atoms with Crippen LogP contribution in [0.25, 0.3) is 0 Å². The Labute approximate surface area is 135 Å². The highest BCUT2D eigenvalue weighted by atomic mass is 16.2. The Morgan fingerprint density at radius 3 is 2.74 bits per heavy atom. The average molecular weight is 309 g/mol. The minimum Gasteiger partial charge on any atom is -0.338 e. The van der Waals surface area contributed by atoms with E-state index in [0.717, 1.165) is 19.5 Å². The van der Waals surface area contributed by atoms with E-state index in [0.29, 0.717) is 22.7 Å². The van der Waals surface area contributed by atoms with E-state index in [1.165, 1.54) is 6.20 Å². The number of aromatic nitrogens is 1. The fraction of sp³-hybridized carbons (Fsp3) is 0.278. The Morgan fingerprint density at radius 2 is 2.04 bits per heavy atom. The van der Waals surface area contributed by atoms with Gasteiger partial charge in [-0.3, -0.25) is 14.6 Å².